The fourth-order valence-electron chi connectivity index (χ4n) is 2.70. The van der Waals surface area contributed by atoms with Crippen LogP contribution in [0.1, 0.15) is 18.1 Å². The van der Waals surface area contributed by atoms with Crippen molar-refractivity contribution in [2.24, 2.45) is 0 Å². The molecular formula is C19H19BO7. The van der Waals surface area contributed by atoms with Gasteiger partial charge in [-0.3, -0.25) is 4.79 Å². The van der Waals surface area contributed by atoms with Crippen molar-refractivity contribution in [3.05, 3.63) is 59.7 Å². The summed E-state index contributed by atoms with van der Waals surface area (Å²) in [5.74, 6) is 0.276. The zero-order valence-electron chi connectivity index (χ0n) is 14.8. The zero-order chi connectivity index (χ0) is 19.2. The Labute approximate surface area is 156 Å². The van der Waals surface area contributed by atoms with Crippen LogP contribution in [0.2, 0.25) is 0 Å². The maximum Gasteiger partial charge on any atom is 0.709 e. The highest BCUT2D eigenvalue weighted by Crippen LogP contribution is 2.29. The molecule has 140 valence electrons. The average Bonchev–Trinajstić information content (AvgIpc) is 3.03. The molecule has 0 saturated heterocycles. The first kappa shape index (κ1) is 18.8. The van der Waals surface area contributed by atoms with Crippen LogP contribution in [-0.2, 0) is 22.6 Å². The molecule has 8 heteroatoms. The average molecular weight is 370 g/mol. The predicted octanol–water partition coefficient (Wildman–Crippen LogP) is 2.47. The van der Waals surface area contributed by atoms with E-state index in [1.807, 2.05) is 24.3 Å². The van der Waals surface area contributed by atoms with Crippen molar-refractivity contribution in [2.45, 2.75) is 20.0 Å². The van der Waals surface area contributed by atoms with E-state index in [0.29, 0.717) is 17.9 Å². The van der Waals surface area contributed by atoms with E-state index in [2.05, 4.69) is 0 Å². The number of carbonyl (C=O) groups excluding carboxylic acids is 1. The summed E-state index contributed by atoms with van der Waals surface area (Å²) in [7, 11) is -1.96. The normalized spacial score (nSPS) is 10.6. The minimum Gasteiger partial charge on any atom is -0.489 e. The first-order chi connectivity index (χ1) is 13.1. The zero-order valence-corrected chi connectivity index (χ0v) is 14.8. The molecule has 2 N–H and O–H groups in total. The molecule has 2 aromatic carbocycles. The van der Waals surface area contributed by atoms with E-state index in [1.165, 1.54) is 0 Å². The fourth-order valence-corrected chi connectivity index (χ4v) is 2.70. The SMILES string of the molecule is CCOC(=O)Cc1ccccc1OCc1cccc2oc(OB(O)O)cc12. The largest absolute Gasteiger partial charge is 0.709 e. The molecule has 0 spiro atoms. The van der Waals surface area contributed by atoms with E-state index in [9.17, 15) is 4.79 Å². The highest BCUT2D eigenvalue weighted by atomic mass is 16.7. The molecule has 0 saturated carbocycles. The molecule has 0 aliphatic rings. The van der Waals surface area contributed by atoms with E-state index < -0.39 is 7.32 Å². The van der Waals surface area contributed by atoms with Crippen molar-refractivity contribution in [2.75, 3.05) is 6.61 Å². The second-order valence-electron chi connectivity index (χ2n) is 5.72. The number of rotatable bonds is 8. The minimum atomic E-state index is -1.96. The fraction of sp³-hybridized carbons (Fsp3) is 0.211. The summed E-state index contributed by atoms with van der Waals surface area (Å²) < 4.78 is 21.1. The quantitative estimate of drug-likeness (QED) is 0.464. The molecule has 1 heterocycles. The molecule has 3 aromatic rings. The van der Waals surface area contributed by atoms with Gasteiger partial charge in [-0.15, -0.1) is 0 Å². The number of esters is 1. The summed E-state index contributed by atoms with van der Waals surface area (Å²) in [6.45, 7) is 2.33. The standard InChI is InChI=1S/C19H19BO7/c1-2-24-18(21)10-13-6-3-4-8-16(13)25-12-14-7-5-9-17-15(14)11-19(26-17)27-20(22)23/h3-9,11,22-23H,2,10,12H2,1H3. The molecule has 0 radical (unpaired) electrons. The van der Waals surface area contributed by atoms with Gasteiger partial charge in [0.25, 0.3) is 5.95 Å². The van der Waals surface area contributed by atoms with Gasteiger partial charge in [-0.1, -0.05) is 30.3 Å². The van der Waals surface area contributed by atoms with Gasteiger partial charge in [-0.25, -0.2) is 0 Å². The highest BCUT2D eigenvalue weighted by Gasteiger charge is 2.16. The van der Waals surface area contributed by atoms with Crippen LogP contribution in [0.4, 0.5) is 0 Å². The van der Waals surface area contributed by atoms with Crippen molar-refractivity contribution in [1.29, 1.82) is 0 Å². The van der Waals surface area contributed by atoms with Gasteiger partial charge < -0.3 is 28.6 Å². The smallest absolute Gasteiger partial charge is 0.489 e. The van der Waals surface area contributed by atoms with Gasteiger partial charge in [0.05, 0.1) is 13.0 Å². The van der Waals surface area contributed by atoms with Crippen molar-refractivity contribution in [3.63, 3.8) is 0 Å². The van der Waals surface area contributed by atoms with Crippen LogP contribution >= 0.6 is 0 Å². The van der Waals surface area contributed by atoms with Gasteiger partial charge in [-0.05, 0) is 19.1 Å². The molecule has 0 unspecified atom stereocenters. The number of hydrogen-bond donors (Lipinski definition) is 2. The monoisotopic (exact) mass is 370 g/mol. The number of ether oxygens (including phenoxy) is 2. The van der Waals surface area contributed by atoms with E-state index in [0.717, 1.165) is 16.5 Å². The van der Waals surface area contributed by atoms with Gasteiger partial charge in [-0.2, -0.15) is 0 Å². The Morgan fingerprint density at radius 2 is 1.89 bits per heavy atom. The molecule has 0 aliphatic carbocycles. The first-order valence-corrected chi connectivity index (χ1v) is 8.47. The Balaban J connectivity index is 1.77. The van der Waals surface area contributed by atoms with Gasteiger partial charge >= 0.3 is 13.3 Å². The summed E-state index contributed by atoms with van der Waals surface area (Å²) in [5.41, 5.74) is 2.10. The van der Waals surface area contributed by atoms with Crippen LogP contribution in [0.5, 0.6) is 11.7 Å². The molecule has 7 nitrogen and oxygen atoms in total. The lowest BCUT2D eigenvalue weighted by Gasteiger charge is -2.11. The second-order valence-corrected chi connectivity index (χ2v) is 5.72. The summed E-state index contributed by atoms with van der Waals surface area (Å²) in [6, 6.07) is 14.3. The Kier molecular flexibility index (Phi) is 6.00. The highest BCUT2D eigenvalue weighted by molar-refractivity contribution is 6.33. The molecule has 3 rings (SSSR count). The molecule has 0 bridgehead atoms. The van der Waals surface area contributed by atoms with E-state index >= 15 is 0 Å². The van der Waals surface area contributed by atoms with E-state index in [-0.39, 0.29) is 24.9 Å². The van der Waals surface area contributed by atoms with Crippen LogP contribution in [0.15, 0.2) is 52.9 Å². The molecule has 27 heavy (non-hydrogen) atoms. The summed E-state index contributed by atoms with van der Waals surface area (Å²) in [4.78, 5) is 11.8. The third-order valence-electron chi connectivity index (χ3n) is 3.85. The number of para-hydroxylation sites is 1. The van der Waals surface area contributed by atoms with E-state index in [1.54, 1.807) is 31.2 Å². The number of hydrogen-bond acceptors (Lipinski definition) is 7. The van der Waals surface area contributed by atoms with Crippen LogP contribution < -0.4 is 9.39 Å². The second kappa shape index (κ2) is 8.61. The van der Waals surface area contributed by atoms with Crippen molar-refractivity contribution in [1.82, 2.24) is 0 Å². The topological polar surface area (TPSA) is 98.4 Å². The third kappa shape index (κ3) is 4.81. The maximum atomic E-state index is 11.8. The van der Waals surface area contributed by atoms with Crippen LogP contribution in [0.3, 0.4) is 0 Å². The van der Waals surface area contributed by atoms with Crippen LogP contribution in [0.25, 0.3) is 11.0 Å². The lowest BCUT2D eigenvalue weighted by Crippen LogP contribution is -2.20. The molecule has 0 fully saturated rings. The Bertz CT molecular complexity index is 919. The van der Waals surface area contributed by atoms with Gasteiger partial charge in [0.15, 0.2) is 0 Å². The van der Waals surface area contributed by atoms with Crippen LogP contribution in [0, 0.1) is 0 Å². The van der Waals surface area contributed by atoms with Crippen molar-refractivity contribution < 1.29 is 33.4 Å². The summed E-state index contributed by atoms with van der Waals surface area (Å²) in [5, 5.41) is 18.5. The number of benzene rings is 2. The Hall–Kier alpha value is -2.97. The Morgan fingerprint density at radius 3 is 2.67 bits per heavy atom. The van der Waals surface area contributed by atoms with Gasteiger partial charge in [0.1, 0.15) is 17.9 Å². The summed E-state index contributed by atoms with van der Waals surface area (Å²) in [6.07, 6.45) is 0.131. The van der Waals surface area contributed by atoms with Crippen molar-refractivity contribution in [3.8, 4) is 11.7 Å². The lowest BCUT2D eigenvalue weighted by atomic mass is 10.1. The third-order valence-corrected chi connectivity index (χ3v) is 3.85. The van der Waals surface area contributed by atoms with Gasteiger partial charge in [0, 0.05) is 22.6 Å². The summed E-state index contributed by atoms with van der Waals surface area (Å²) >= 11 is 0. The van der Waals surface area contributed by atoms with E-state index in [4.69, 9.17) is 28.6 Å². The maximum absolute atomic E-state index is 11.8. The Morgan fingerprint density at radius 1 is 1.11 bits per heavy atom. The molecule has 0 atom stereocenters. The minimum absolute atomic E-state index is 0.00448. The predicted molar refractivity (Wildman–Crippen MR) is 98.1 cm³/mol. The molecule has 1 aromatic heterocycles. The number of furan rings is 1. The molecule has 0 amide bonds. The van der Waals surface area contributed by atoms with Crippen molar-refractivity contribution >= 4 is 24.3 Å². The number of carbonyl (C=O) groups is 1. The van der Waals surface area contributed by atoms with Gasteiger partial charge in [0.2, 0.25) is 0 Å². The molecular weight excluding hydrogens is 351 g/mol. The van der Waals surface area contributed by atoms with Crippen LogP contribution in [-0.4, -0.2) is 29.9 Å². The lowest BCUT2D eigenvalue weighted by molar-refractivity contribution is -0.142. The molecule has 0 aliphatic heterocycles. The number of fused-ring (bicyclic) bond motifs is 1. The first-order valence-electron chi connectivity index (χ1n) is 8.47.